The number of H-pyrrole nitrogens is 1. The molecule has 0 unspecified atom stereocenters. The van der Waals surface area contributed by atoms with Crippen LogP contribution in [0.4, 0.5) is 0 Å². The highest BCUT2D eigenvalue weighted by Gasteiger charge is 2.09. The van der Waals surface area contributed by atoms with Gasteiger partial charge < -0.3 is 0 Å². The van der Waals surface area contributed by atoms with Crippen LogP contribution in [-0.2, 0) is 13.0 Å². The summed E-state index contributed by atoms with van der Waals surface area (Å²) >= 11 is 8.70. The lowest BCUT2D eigenvalue weighted by atomic mass is 10.2. The Morgan fingerprint density at radius 1 is 1.33 bits per heavy atom. The molecule has 3 nitrogen and oxygen atoms in total. The molecule has 92 valence electrons. The van der Waals surface area contributed by atoms with Crippen LogP contribution >= 0.6 is 34.9 Å². The van der Waals surface area contributed by atoms with Crippen molar-refractivity contribution in [1.29, 1.82) is 0 Å². The first-order valence-electron chi connectivity index (χ1n) is 5.55. The van der Waals surface area contributed by atoms with E-state index >= 15 is 0 Å². The third-order valence-electron chi connectivity index (χ3n) is 2.70. The number of nitrogens with zero attached hydrogens (tertiary/aromatic N) is 2. The van der Waals surface area contributed by atoms with Gasteiger partial charge in [-0.1, -0.05) is 6.07 Å². The molecule has 0 aliphatic heterocycles. The van der Waals surface area contributed by atoms with Crippen molar-refractivity contribution in [2.45, 2.75) is 13.0 Å². The van der Waals surface area contributed by atoms with E-state index in [-0.39, 0.29) is 0 Å². The molecular weight excluding hydrogens is 282 g/mol. The van der Waals surface area contributed by atoms with Crippen LogP contribution in [0.15, 0.2) is 34.3 Å². The van der Waals surface area contributed by atoms with E-state index in [2.05, 4.69) is 43.0 Å². The van der Waals surface area contributed by atoms with E-state index in [0.29, 0.717) is 4.77 Å². The lowest BCUT2D eigenvalue weighted by Gasteiger charge is -2.04. The van der Waals surface area contributed by atoms with Crippen LogP contribution in [0.5, 0.6) is 0 Å². The molecule has 6 heteroatoms. The molecule has 0 fully saturated rings. The average molecular weight is 293 g/mol. The molecule has 0 aliphatic rings. The third kappa shape index (κ3) is 2.31. The maximum absolute atomic E-state index is 5.29. The van der Waals surface area contributed by atoms with Crippen LogP contribution in [0.1, 0.15) is 5.56 Å². The zero-order valence-electron chi connectivity index (χ0n) is 9.50. The predicted molar refractivity (Wildman–Crippen MR) is 78.7 cm³/mol. The molecule has 0 saturated heterocycles. The fourth-order valence-electron chi connectivity index (χ4n) is 1.79. The molecule has 0 bridgehead atoms. The second kappa shape index (κ2) is 5.17. The molecule has 0 radical (unpaired) electrons. The number of hydrogen-bond donors (Lipinski definition) is 1. The molecule has 0 atom stereocenters. The lowest BCUT2D eigenvalue weighted by Crippen LogP contribution is -2.02. The van der Waals surface area contributed by atoms with Gasteiger partial charge in [0, 0.05) is 6.54 Å². The Morgan fingerprint density at radius 3 is 3.00 bits per heavy atom. The Kier molecular flexibility index (Phi) is 3.40. The van der Waals surface area contributed by atoms with Gasteiger partial charge in [0.25, 0.3) is 0 Å². The van der Waals surface area contributed by atoms with Crippen LogP contribution < -0.4 is 0 Å². The summed E-state index contributed by atoms with van der Waals surface area (Å²) in [6.45, 7) is 0.860. The molecule has 1 N–H and O–H groups in total. The Labute approximate surface area is 118 Å². The zero-order chi connectivity index (χ0) is 12.4. The topological polar surface area (TPSA) is 33.6 Å². The van der Waals surface area contributed by atoms with Gasteiger partial charge in [-0.05, 0) is 52.5 Å². The molecule has 0 amide bonds. The smallest absolute Gasteiger partial charge is 0.195 e. The second-order valence-corrected chi connectivity index (χ2v) is 5.98. The first-order chi connectivity index (χ1) is 8.84. The Morgan fingerprint density at radius 2 is 2.28 bits per heavy atom. The van der Waals surface area contributed by atoms with Crippen LogP contribution in [0.2, 0.25) is 0 Å². The van der Waals surface area contributed by atoms with Crippen molar-refractivity contribution in [2.24, 2.45) is 0 Å². The van der Waals surface area contributed by atoms with E-state index in [0.717, 1.165) is 23.7 Å². The fourth-order valence-corrected chi connectivity index (χ4v) is 3.44. The van der Waals surface area contributed by atoms with Crippen molar-refractivity contribution in [2.75, 3.05) is 0 Å². The Hall–Kier alpha value is -1.24. The molecule has 3 aromatic rings. The summed E-state index contributed by atoms with van der Waals surface area (Å²) in [5.41, 5.74) is 1.35. The van der Waals surface area contributed by atoms with E-state index < -0.39 is 0 Å². The molecule has 3 rings (SSSR count). The standard InChI is InChI=1S/C12H11N3S3/c16-12-14-13-11(10-2-1-6-18-10)15(12)5-3-9-4-7-17-8-9/h1-2,4,6-8H,3,5H2,(H,14,16). The molecule has 0 spiro atoms. The first-order valence-corrected chi connectivity index (χ1v) is 7.78. The maximum atomic E-state index is 5.29. The summed E-state index contributed by atoms with van der Waals surface area (Å²) < 4.78 is 2.76. The van der Waals surface area contributed by atoms with E-state index in [9.17, 15) is 0 Å². The van der Waals surface area contributed by atoms with Crippen molar-refractivity contribution in [3.63, 3.8) is 0 Å². The summed E-state index contributed by atoms with van der Waals surface area (Å²) in [6, 6.07) is 6.25. The van der Waals surface area contributed by atoms with E-state index in [1.807, 2.05) is 6.07 Å². The average Bonchev–Trinajstić information content (AvgIpc) is 3.08. The van der Waals surface area contributed by atoms with Crippen LogP contribution in [0.25, 0.3) is 10.7 Å². The molecule has 3 heterocycles. The molecule has 0 aliphatic carbocycles. The number of hydrogen-bond acceptors (Lipinski definition) is 4. The molecular formula is C12H11N3S3. The minimum absolute atomic E-state index is 0.689. The maximum Gasteiger partial charge on any atom is 0.195 e. The number of aromatic nitrogens is 3. The highest BCUT2D eigenvalue weighted by Crippen LogP contribution is 2.23. The van der Waals surface area contributed by atoms with Crippen molar-refractivity contribution in [1.82, 2.24) is 14.8 Å². The van der Waals surface area contributed by atoms with Gasteiger partial charge in [0.2, 0.25) is 0 Å². The van der Waals surface area contributed by atoms with Crippen molar-refractivity contribution >= 4 is 34.9 Å². The summed E-state index contributed by atoms with van der Waals surface area (Å²) in [4.78, 5) is 1.15. The number of thiophene rings is 2. The van der Waals surface area contributed by atoms with E-state index in [1.165, 1.54) is 5.56 Å². The van der Waals surface area contributed by atoms with Crippen LogP contribution in [0.3, 0.4) is 0 Å². The normalized spacial score (nSPS) is 10.9. The minimum Gasteiger partial charge on any atom is -0.299 e. The summed E-state index contributed by atoms with van der Waals surface area (Å²) in [5, 5.41) is 13.5. The van der Waals surface area contributed by atoms with Crippen molar-refractivity contribution in [3.8, 4) is 10.7 Å². The number of rotatable bonds is 4. The fraction of sp³-hybridized carbons (Fsp3) is 0.167. The largest absolute Gasteiger partial charge is 0.299 e. The third-order valence-corrected chi connectivity index (χ3v) is 4.61. The molecule has 18 heavy (non-hydrogen) atoms. The SMILES string of the molecule is S=c1[nH]nc(-c2cccs2)n1CCc1ccsc1. The highest BCUT2D eigenvalue weighted by atomic mass is 32.1. The summed E-state index contributed by atoms with van der Waals surface area (Å²) in [6.07, 6.45) is 0.982. The quantitative estimate of drug-likeness (QED) is 0.738. The monoisotopic (exact) mass is 293 g/mol. The van der Waals surface area contributed by atoms with Gasteiger partial charge >= 0.3 is 0 Å². The van der Waals surface area contributed by atoms with Gasteiger partial charge in [-0.15, -0.1) is 11.3 Å². The predicted octanol–water partition coefficient (Wildman–Crippen LogP) is 3.97. The summed E-state index contributed by atoms with van der Waals surface area (Å²) in [7, 11) is 0. The second-order valence-electron chi connectivity index (χ2n) is 3.86. The van der Waals surface area contributed by atoms with Gasteiger partial charge in [0.15, 0.2) is 10.6 Å². The number of aryl methyl sites for hydroxylation is 1. The molecule has 0 saturated carbocycles. The van der Waals surface area contributed by atoms with Gasteiger partial charge in [-0.2, -0.15) is 16.4 Å². The van der Waals surface area contributed by atoms with Crippen LogP contribution in [0, 0.1) is 4.77 Å². The van der Waals surface area contributed by atoms with Crippen LogP contribution in [-0.4, -0.2) is 14.8 Å². The van der Waals surface area contributed by atoms with E-state index in [4.69, 9.17) is 12.2 Å². The Bertz CT molecular complexity index is 662. The highest BCUT2D eigenvalue weighted by molar-refractivity contribution is 7.71. The van der Waals surface area contributed by atoms with E-state index in [1.54, 1.807) is 22.7 Å². The van der Waals surface area contributed by atoms with Gasteiger partial charge in [-0.3, -0.25) is 9.67 Å². The zero-order valence-corrected chi connectivity index (χ0v) is 11.9. The lowest BCUT2D eigenvalue weighted by molar-refractivity contribution is 0.694. The summed E-state index contributed by atoms with van der Waals surface area (Å²) in [5.74, 6) is 0.935. The van der Waals surface area contributed by atoms with Crippen molar-refractivity contribution < 1.29 is 0 Å². The first kappa shape index (κ1) is 11.8. The number of aromatic amines is 1. The minimum atomic E-state index is 0.689. The van der Waals surface area contributed by atoms with Gasteiger partial charge in [0.05, 0.1) is 4.88 Å². The molecule has 3 aromatic heterocycles. The van der Waals surface area contributed by atoms with Gasteiger partial charge in [-0.25, -0.2) is 0 Å². The van der Waals surface area contributed by atoms with Gasteiger partial charge in [0.1, 0.15) is 0 Å². The Balaban J connectivity index is 1.87. The number of nitrogens with one attached hydrogen (secondary N) is 1. The van der Waals surface area contributed by atoms with Crippen molar-refractivity contribution in [3.05, 3.63) is 44.7 Å². The molecule has 0 aromatic carbocycles.